The summed E-state index contributed by atoms with van der Waals surface area (Å²) in [6.07, 6.45) is 30.3. The molecule has 1 aliphatic heterocycles. The standard InChI is InChI=1S/C37H75NO2S5/c1-3-5-19-29-42-34-44-31-21-13-9-7-11-15-24-37(39-33-36(40-37)23-27-38-26-17-18-28-41)25-16-12-8-10-14-22-32-45-35-43-30-20-6-4-2/h36,38,41H,3-35H2,1-2H3. The summed E-state index contributed by atoms with van der Waals surface area (Å²) in [4.78, 5) is 0. The lowest BCUT2D eigenvalue weighted by molar-refractivity contribution is -0.179. The molecule has 45 heavy (non-hydrogen) atoms. The van der Waals surface area contributed by atoms with Gasteiger partial charge in [0, 0.05) is 23.0 Å². The van der Waals surface area contributed by atoms with E-state index in [1.54, 1.807) is 0 Å². The number of hydrogen-bond donors (Lipinski definition) is 2. The van der Waals surface area contributed by atoms with Gasteiger partial charge in [-0.1, -0.05) is 90.9 Å². The Labute approximate surface area is 304 Å². The van der Waals surface area contributed by atoms with E-state index in [1.807, 2.05) is 0 Å². The van der Waals surface area contributed by atoms with Crippen LogP contribution in [0.15, 0.2) is 0 Å². The first-order chi connectivity index (χ1) is 22.3. The van der Waals surface area contributed by atoms with E-state index in [-0.39, 0.29) is 11.9 Å². The van der Waals surface area contributed by atoms with Crippen molar-refractivity contribution in [2.45, 2.75) is 173 Å². The van der Waals surface area contributed by atoms with Crippen LogP contribution in [0, 0.1) is 0 Å². The molecule has 0 aromatic heterocycles. The first kappa shape index (κ1) is 44.7. The van der Waals surface area contributed by atoms with Crippen molar-refractivity contribution in [1.82, 2.24) is 5.32 Å². The monoisotopic (exact) mass is 725 g/mol. The second-order valence-corrected chi connectivity index (χ2v) is 18.6. The molecule has 1 unspecified atom stereocenters. The van der Waals surface area contributed by atoms with Gasteiger partial charge < -0.3 is 14.8 Å². The molecule has 0 spiro atoms. The average molecular weight is 726 g/mol. The molecule has 0 radical (unpaired) electrons. The maximum atomic E-state index is 6.72. The molecule has 270 valence electrons. The third kappa shape index (κ3) is 29.1. The fourth-order valence-corrected chi connectivity index (χ4v) is 10.5. The fourth-order valence-electron chi connectivity index (χ4n) is 5.77. The minimum Gasteiger partial charge on any atom is -0.347 e. The molecular weight excluding hydrogens is 651 g/mol. The number of thioether (sulfide) groups is 4. The van der Waals surface area contributed by atoms with Gasteiger partial charge in [-0.05, 0) is 99.6 Å². The number of unbranched alkanes of at least 4 members (excludes halogenated alkanes) is 15. The van der Waals surface area contributed by atoms with Crippen LogP contribution in [0.4, 0.5) is 0 Å². The van der Waals surface area contributed by atoms with Gasteiger partial charge in [0.15, 0.2) is 5.79 Å². The Kier molecular flexibility index (Phi) is 35.2. The van der Waals surface area contributed by atoms with Gasteiger partial charge in [0.05, 0.1) is 12.7 Å². The molecule has 0 aliphatic carbocycles. The quantitative estimate of drug-likeness (QED) is 0.0374. The van der Waals surface area contributed by atoms with Crippen molar-refractivity contribution in [1.29, 1.82) is 0 Å². The number of nitrogens with one attached hydrogen (secondary N) is 1. The lowest BCUT2D eigenvalue weighted by Gasteiger charge is -2.28. The van der Waals surface area contributed by atoms with Crippen molar-refractivity contribution in [3.05, 3.63) is 0 Å². The Balaban J connectivity index is 2.17. The molecule has 1 atom stereocenters. The van der Waals surface area contributed by atoms with Gasteiger partial charge in [0.25, 0.3) is 0 Å². The summed E-state index contributed by atoms with van der Waals surface area (Å²) < 4.78 is 13.2. The van der Waals surface area contributed by atoms with Gasteiger partial charge in [0.2, 0.25) is 0 Å². The number of rotatable bonds is 37. The van der Waals surface area contributed by atoms with E-state index in [2.05, 4.69) is 78.8 Å². The van der Waals surface area contributed by atoms with E-state index in [0.29, 0.717) is 0 Å². The molecule has 1 heterocycles. The predicted octanol–water partition coefficient (Wildman–Crippen LogP) is 12.5. The lowest BCUT2D eigenvalue weighted by atomic mass is 9.99. The average Bonchev–Trinajstić information content (AvgIpc) is 3.45. The van der Waals surface area contributed by atoms with Crippen LogP contribution in [0.5, 0.6) is 0 Å². The summed E-state index contributed by atoms with van der Waals surface area (Å²) in [5, 5.41) is 6.17. The van der Waals surface area contributed by atoms with Crippen LogP contribution in [-0.2, 0) is 9.47 Å². The Morgan fingerprint density at radius 3 is 1.53 bits per heavy atom. The van der Waals surface area contributed by atoms with Gasteiger partial charge in [-0.3, -0.25) is 0 Å². The summed E-state index contributed by atoms with van der Waals surface area (Å²) >= 11 is 12.9. The van der Waals surface area contributed by atoms with Crippen molar-refractivity contribution in [2.75, 3.05) is 58.6 Å². The maximum absolute atomic E-state index is 6.72. The Morgan fingerprint density at radius 2 is 1.04 bits per heavy atom. The topological polar surface area (TPSA) is 30.5 Å². The van der Waals surface area contributed by atoms with E-state index in [9.17, 15) is 0 Å². The molecule has 1 aliphatic rings. The van der Waals surface area contributed by atoms with E-state index < -0.39 is 0 Å². The summed E-state index contributed by atoms with van der Waals surface area (Å²) in [5.41, 5.74) is 0. The normalized spacial score (nSPS) is 16.2. The highest BCUT2D eigenvalue weighted by Crippen LogP contribution is 2.35. The van der Waals surface area contributed by atoms with Crippen molar-refractivity contribution >= 4 is 59.7 Å². The summed E-state index contributed by atoms with van der Waals surface area (Å²) in [6, 6.07) is 0. The predicted molar refractivity (Wildman–Crippen MR) is 217 cm³/mol. The van der Waals surface area contributed by atoms with E-state index in [0.717, 1.165) is 44.7 Å². The third-order valence-electron chi connectivity index (χ3n) is 8.63. The fraction of sp³-hybridized carbons (Fsp3) is 1.00. The van der Waals surface area contributed by atoms with Crippen LogP contribution in [0.1, 0.15) is 162 Å². The first-order valence-corrected chi connectivity index (χ1v) is 24.5. The molecular formula is C37H75NO2S5. The van der Waals surface area contributed by atoms with Crippen molar-refractivity contribution in [2.24, 2.45) is 0 Å². The van der Waals surface area contributed by atoms with Crippen molar-refractivity contribution in [3.8, 4) is 0 Å². The largest absolute Gasteiger partial charge is 0.347 e. The molecule has 0 saturated carbocycles. The molecule has 0 aromatic carbocycles. The molecule has 0 amide bonds. The Bertz CT molecular complexity index is 557. The van der Waals surface area contributed by atoms with Crippen molar-refractivity contribution < 1.29 is 9.47 Å². The van der Waals surface area contributed by atoms with Crippen LogP contribution in [0.25, 0.3) is 0 Å². The molecule has 1 rings (SSSR count). The summed E-state index contributed by atoms with van der Waals surface area (Å²) in [6.45, 7) is 7.48. The molecule has 0 bridgehead atoms. The zero-order chi connectivity index (χ0) is 32.4. The highest BCUT2D eigenvalue weighted by Gasteiger charge is 2.40. The summed E-state index contributed by atoms with van der Waals surface area (Å²) in [5.74, 6) is 6.06. The minimum atomic E-state index is -0.312. The number of ether oxygens (including phenoxy) is 2. The molecule has 1 N–H and O–H groups in total. The minimum absolute atomic E-state index is 0.256. The highest BCUT2D eigenvalue weighted by molar-refractivity contribution is 8.16. The van der Waals surface area contributed by atoms with Gasteiger partial charge in [-0.15, -0.1) is 0 Å². The van der Waals surface area contributed by atoms with E-state index in [4.69, 9.17) is 9.47 Å². The summed E-state index contributed by atoms with van der Waals surface area (Å²) in [7, 11) is 0. The molecule has 1 fully saturated rings. The van der Waals surface area contributed by atoms with Crippen molar-refractivity contribution in [3.63, 3.8) is 0 Å². The van der Waals surface area contributed by atoms with Crippen LogP contribution in [0.2, 0.25) is 0 Å². The first-order valence-electron chi connectivity index (χ1n) is 19.2. The number of hydrogen-bond acceptors (Lipinski definition) is 8. The van der Waals surface area contributed by atoms with E-state index in [1.165, 1.54) is 162 Å². The van der Waals surface area contributed by atoms with E-state index >= 15 is 0 Å². The van der Waals surface area contributed by atoms with Gasteiger partial charge in [-0.2, -0.15) is 59.7 Å². The zero-order valence-corrected chi connectivity index (χ0v) is 34.0. The van der Waals surface area contributed by atoms with Crippen LogP contribution < -0.4 is 5.32 Å². The Hall–Kier alpha value is 1.63. The van der Waals surface area contributed by atoms with Crippen LogP contribution >= 0.6 is 59.7 Å². The molecule has 1 saturated heterocycles. The van der Waals surface area contributed by atoms with Gasteiger partial charge in [0.1, 0.15) is 0 Å². The second kappa shape index (κ2) is 35.5. The highest BCUT2D eigenvalue weighted by atomic mass is 32.2. The third-order valence-corrected chi connectivity index (χ3v) is 13.9. The Morgan fingerprint density at radius 1 is 0.578 bits per heavy atom. The van der Waals surface area contributed by atoms with Crippen LogP contribution in [0.3, 0.4) is 0 Å². The smallest absolute Gasteiger partial charge is 0.168 e. The maximum Gasteiger partial charge on any atom is 0.168 e. The van der Waals surface area contributed by atoms with Gasteiger partial charge in [-0.25, -0.2) is 0 Å². The zero-order valence-electron chi connectivity index (χ0n) is 29.8. The molecule has 8 heteroatoms. The van der Waals surface area contributed by atoms with Gasteiger partial charge >= 0.3 is 0 Å². The lowest BCUT2D eigenvalue weighted by Crippen LogP contribution is -2.32. The van der Waals surface area contributed by atoms with Crippen LogP contribution in [-0.4, -0.2) is 70.5 Å². The SMILES string of the molecule is CCCCCSCSCCCCCCCCC1(CCCCCCCCSCSCCCCC)OCC(CCNCCCCS)O1. The second-order valence-electron chi connectivity index (χ2n) is 13.0. The number of thiol groups is 1. The molecule has 3 nitrogen and oxygen atoms in total. The molecule has 0 aromatic rings.